The normalized spacial score (nSPS) is 16.4. The maximum Gasteiger partial charge on any atom is 0.328 e. The number of benzene rings is 1. The molecule has 0 aliphatic heterocycles. The zero-order valence-electron chi connectivity index (χ0n) is 12.5. The summed E-state index contributed by atoms with van der Waals surface area (Å²) in [7, 11) is 1.35. The van der Waals surface area contributed by atoms with Crippen LogP contribution >= 0.6 is 0 Å². The number of amides is 1. The molecule has 1 unspecified atom stereocenters. The minimum atomic E-state index is -0.605. The molecule has 1 N–H and O–H groups in total. The van der Waals surface area contributed by atoms with Gasteiger partial charge in [-0.15, -0.1) is 0 Å². The topological polar surface area (TPSA) is 55.4 Å². The second kappa shape index (κ2) is 7.81. The summed E-state index contributed by atoms with van der Waals surface area (Å²) in [5.41, 5.74) is 1.01. The molecule has 21 heavy (non-hydrogen) atoms. The third-order valence-corrected chi connectivity index (χ3v) is 4.05. The van der Waals surface area contributed by atoms with E-state index in [0.29, 0.717) is 18.8 Å². The van der Waals surface area contributed by atoms with Crippen molar-refractivity contribution in [3.63, 3.8) is 0 Å². The van der Waals surface area contributed by atoms with E-state index in [4.69, 9.17) is 4.74 Å². The van der Waals surface area contributed by atoms with Crippen molar-refractivity contribution in [3.8, 4) is 0 Å². The molecule has 1 aliphatic rings. The predicted molar refractivity (Wildman–Crippen MR) is 80.7 cm³/mol. The number of hydrogen-bond acceptors (Lipinski definition) is 3. The van der Waals surface area contributed by atoms with E-state index in [2.05, 4.69) is 5.32 Å². The van der Waals surface area contributed by atoms with E-state index in [0.717, 1.165) is 18.4 Å². The summed E-state index contributed by atoms with van der Waals surface area (Å²) in [6.07, 6.45) is 5.64. The van der Waals surface area contributed by atoms with E-state index in [1.807, 2.05) is 30.3 Å². The predicted octanol–water partition coefficient (Wildman–Crippen LogP) is 2.47. The number of ether oxygens (including phenoxy) is 1. The van der Waals surface area contributed by atoms with Crippen molar-refractivity contribution >= 4 is 11.9 Å². The molecule has 114 valence electrons. The Bertz CT molecular complexity index is 466. The maximum atomic E-state index is 12.1. The van der Waals surface area contributed by atoms with Gasteiger partial charge < -0.3 is 10.1 Å². The van der Waals surface area contributed by atoms with Gasteiger partial charge in [-0.25, -0.2) is 4.79 Å². The van der Waals surface area contributed by atoms with Crippen LogP contribution in [0.3, 0.4) is 0 Å². The minimum absolute atomic E-state index is 0.0479. The molecule has 0 spiro atoms. The van der Waals surface area contributed by atoms with E-state index in [9.17, 15) is 9.59 Å². The summed E-state index contributed by atoms with van der Waals surface area (Å²) in [6.45, 7) is 0. The molecular formula is C17H23NO3. The first kappa shape index (κ1) is 15.5. The minimum Gasteiger partial charge on any atom is -0.467 e. The van der Waals surface area contributed by atoms with Crippen molar-refractivity contribution in [2.24, 2.45) is 5.92 Å². The standard InChI is InChI=1S/C17H23NO3/c1-21-17(20)15(11-13-7-3-2-4-8-13)18-16(19)12-14-9-5-6-10-14/h2-4,7-8,14-15H,5-6,9-12H2,1H3,(H,18,19). The second-order valence-corrected chi connectivity index (χ2v) is 5.69. The quantitative estimate of drug-likeness (QED) is 0.819. The van der Waals surface area contributed by atoms with Gasteiger partial charge in [0.15, 0.2) is 0 Å². The SMILES string of the molecule is COC(=O)C(Cc1ccccc1)NC(=O)CC1CCCC1. The lowest BCUT2D eigenvalue weighted by atomic mass is 10.0. The van der Waals surface area contributed by atoms with Gasteiger partial charge in [-0.1, -0.05) is 43.2 Å². The van der Waals surface area contributed by atoms with Gasteiger partial charge in [-0.3, -0.25) is 4.79 Å². The first-order valence-corrected chi connectivity index (χ1v) is 7.60. The van der Waals surface area contributed by atoms with Crippen molar-refractivity contribution in [1.29, 1.82) is 0 Å². The maximum absolute atomic E-state index is 12.1. The van der Waals surface area contributed by atoms with Crippen LogP contribution in [0.5, 0.6) is 0 Å². The molecule has 0 heterocycles. The number of nitrogens with one attached hydrogen (secondary N) is 1. The molecule has 0 radical (unpaired) electrons. The molecule has 0 saturated heterocycles. The van der Waals surface area contributed by atoms with Crippen LogP contribution in [-0.4, -0.2) is 25.0 Å². The van der Waals surface area contributed by atoms with Crippen LogP contribution in [-0.2, 0) is 20.7 Å². The van der Waals surface area contributed by atoms with Crippen LogP contribution in [0, 0.1) is 5.92 Å². The molecule has 1 saturated carbocycles. The number of hydrogen-bond donors (Lipinski definition) is 1. The zero-order chi connectivity index (χ0) is 15.1. The number of methoxy groups -OCH3 is 1. The monoisotopic (exact) mass is 289 g/mol. The highest BCUT2D eigenvalue weighted by Crippen LogP contribution is 2.27. The van der Waals surface area contributed by atoms with Crippen LogP contribution in [0.4, 0.5) is 0 Å². The summed E-state index contributed by atoms with van der Waals surface area (Å²) >= 11 is 0. The number of esters is 1. The van der Waals surface area contributed by atoms with E-state index in [-0.39, 0.29) is 5.91 Å². The zero-order valence-corrected chi connectivity index (χ0v) is 12.5. The first-order chi connectivity index (χ1) is 10.2. The van der Waals surface area contributed by atoms with Crippen LogP contribution < -0.4 is 5.32 Å². The molecule has 0 aromatic heterocycles. The van der Waals surface area contributed by atoms with Gasteiger partial charge in [-0.2, -0.15) is 0 Å². The summed E-state index contributed by atoms with van der Waals surface area (Å²) in [5.74, 6) is 0.0341. The smallest absolute Gasteiger partial charge is 0.328 e. The van der Waals surface area contributed by atoms with Crippen LogP contribution in [0.1, 0.15) is 37.7 Å². The van der Waals surface area contributed by atoms with Gasteiger partial charge in [-0.05, 0) is 24.3 Å². The van der Waals surface area contributed by atoms with E-state index >= 15 is 0 Å². The Morgan fingerprint density at radius 3 is 2.52 bits per heavy atom. The molecule has 1 amide bonds. The van der Waals surface area contributed by atoms with E-state index in [1.54, 1.807) is 0 Å². The average molecular weight is 289 g/mol. The molecule has 4 heteroatoms. The molecule has 1 aromatic rings. The Morgan fingerprint density at radius 2 is 1.90 bits per heavy atom. The lowest BCUT2D eigenvalue weighted by Gasteiger charge is -2.18. The van der Waals surface area contributed by atoms with Crippen LogP contribution in [0.15, 0.2) is 30.3 Å². The number of carbonyl (C=O) groups is 2. The Morgan fingerprint density at radius 1 is 1.24 bits per heavy atom. The van der Waals surface area contributed by atoms with Gasteiger partial charge in [0.05, 0.1) is 7.11 Å². The van der Waals surface area contributed by atoms with Crippen molar-refractivity contribution in [3.05, 3.63) is 35.9 Å². The van der Waals surface area contributed by atoms with Gasteiger partial charge in [0.2, 0.25) is 5.91 Å². The molecule has 1 aliphatic carbocycles. The van der Waals surface area contributed by atoms with Gasteiger partial charge in [0.25, 0.3) is 0 Å². The average Bonchev–Trinajstić information content (AvgIpc) is 2.99. The molecule has 1 aromatic carbocycles. The Balaban J connectivity index is 1.92. The van der Waals surface area contributed by atoms with Crippen LogP contribution in [0.25, 0.3) is 0 Å². The van der Waals surface area contributed by atoms with Gasteiger partial charge in [0, 0.05) is 12.8 Å². The lowest BCUT2D eigenvalue weighted by Crippen LogP contribution is -2.43. The molecule has 1 atom stereocenters. The highest BCUT2D eigenvalue weighted by molar-refractivity contribution is 5.84. The number of rotatable bonds is 6. The largest absolute Gasteiger partial charge is 0.467 e. The van der Waals surface area contributed by atoms with E-state index < -0.39 is 12.0 Å². The van der Waals surface area contributed by atoms with Gasteiger partial charge >= 0.3 is 5.97 Å². The van der Waals surface area contributed by atoms with E-state index in [1.165, 1.54) is 20.0 Å². The fourth-order valence-corrected chi connectivity index (χ4v) is 2.92. The summed E-state index contributed by atoms with van der Waals surface area (Å²) in [6, 6.07) is 9.05. The fraction of sp³-hybridized carbons (Fsp3) is 0.529. The molecular weight excluding hydrogens is 266 g/mol. The molecule has 0 bridgehead atoms. The van der Waals surface area contributed by atoms with Crippen molar-refractivity contribution in [2.75, 3.05) is 7.11 Å². The Kier molecular flexibility index (Phi) is 5.78. The van der Waals surface area contributed by atoms with Crippen molar-refractivity contribution in [2.45, 2.75) is 44.6 Å². The summed E-state index contributed by atoms with van der Waals surface area (Å²) in [5, 5.41) is 2.83. The fourth-order valence-electron chi connectivity index (χ4n) is 2.92. The van der Waals surface area contributed by atoms with Crippen LogP contribution in [0.2, 0.25) is 0 Å². The Labute approximate surface area is 125 Å². The third-order valence-electron chi connectivity index (χ3n) is 4.05. The van der Waals surface area contributed by atoms with Gasteiger partial charge in [0.1, 0.15) is 6.04 Å². The third kappa shape index (κ3) is 4.88. The highest BCUT2D eigenvalue weighted by Gasteiger charge is 2.24. The summed E-state index contributed by atoms with van der Waals surface area (Å²) < 4.78 is 4.80. The first-order valence-electron chi connectivity index (χ1n) is 7.60. The molecule has 2 rings (SSSR count). The molecule has 1 fully saturated rings. The Hall–Kier alpha value is -1.84. The number of carbonyl (C=O) groups excluding carboxylic acids is 2. The van der Waals surface area contributed by atoms with Crippen molar-refractivity contribution in [1.82, 2.24) is 5.32 Å². The summed E-state index contributed by atoms with van der Waals surface area (Å²) in [4.78, 5) is 24.0. The highest BCUT2D eigenvalue weighted by atomic mass is 16.5. The van der Waals surface area contributed by atoms with Crippen molar-refractivity contribution < 1.29 is 14.3 Å². The lowest BCUT2D eigenvalue weighted by molar-refractivity contribution is -0.145. The molecule has 4 nitrogen and oxygen atoms in total. The second-order valence-electron chi connectivity index (χ2n) is 5.69.